The summed E-state index contributed by atoms with van der Waals surface area (Å²) in [7, 11) is 2.02. The van der Waals surface area contributed by atoms with Gasteiger partial charge in [0.2, 0.25) is 11.8 Å². The Morgan fingerprint density at radius 1 is 0.872 bits per heavy atom. The predicted molar refractivity (Wildman–Crippen MR) is 180 cm³/mol. The van der Waals surface area contributed by atoms with E-state index in [4.69, 9.17) is 0 Å². The van der Waals surface area contributed by atoms with E-state index in [0.717, 1.165) is 35.4 Å². The molecule has 2 N–H and O–H groups in total. The number of aromatic nitrogens is 1. The molecule has 47 heavy (non-hydrogen) atoms. The van der Waals surface area contributed by atoms with Crippen LogP contribution in [0.2, 0.25) is 0 Å². The Hall–Kier alpha value is -4.80. The van der Waals surface area contributed by atoms with Crippen LogP contribution in [0.25, 0.3) is 10.9 Å². The fourth-order valence-electron chi connectivity index (χ4n) is 7.51. The molecular weight excluding hydrogens is 592 g/mol. The standard InChI is InChI=1S/C37H40N6O4/c1-40-21-16-37(17-22-40,36(47)39-28-11-12-32-27(23-28)13-18-38-32)43(29-14-19-41(20-15-29)24-26-7-3-2-4-8-26)33(44)25-42-34(45)30-9-5-6-10-31(30)35(42)46/h2-13,18,23,29,38H,14-17,19-22,24-25H2,1H3,(H,39,47). The average Bonchev–Trinajstić information content (AvgIpc) is 3.65. The van der Waals surface area contributed by atoms with Crippen LogP contribution in [0.5, 0.6) is 0 Å². The van der Waals surface area contributed by atoms with Gasteiger partial charge < -0.3 is 20.1 Å². The average molecular weight is 633 g/mol. The fourth-order valence-corrected chi connectivity index (χ4v) is 7.51. The summed E-state index contributed by atoms with van der Waals surface area (Å²) in [6.45, 7) is 3.20. The number of nitrogens with one attached hydrogen (secondary N) is 2. The number of carbonyl (C=O) groups is 4. The number of anilines is 1. The van der Waals surface area contributed by atoms with E-state index in [1.165, 1.54) is 5.56 Å². The molecule has 0 bridgehead atoms. The molecule has 242 valence electrons. The smallest absolute Gasteiger partial charge is 0.262 e. The Bertz CT molecular complexity index is 1770. The molecule has 3 aliphatic heterocycles. The van der Waals surface area contributed by atoms with Gasteiger partial charge in [0.1, 0.15) is 12.1 Å². The molecule has 2 saturated heterocycles. The van der Waals surface area contributed by atoms with Gasteiger partial charge in [-0.25, -0.2) is 0 Å². The van der Waals surface area contributed by atoms with E-state index >= 15 is 0 Å². The van der Waals surface area contributed by atoms with Crippen molar-refractivity contribution in [3.05, 3.63) is 102 Å². The van der Waals surface area contributed by atoms with Gasteiger partial charge in [-0.15, -0.1) is 0 Å². The van der Waals surface area contributed by atoms with E-state index in [2.05, 4.69) is 32.2 Å². The number of benzene rings is 3. The van der Waals surface area contributed by atoms with Gasteiger partial charge in [0.05, 0.1) is 11.1 Å². The Labute approximate surface area is 274 Å². The van der Waals surface area contributed by atoms with Crippen molar-refractivity contribution in [2.45, 2.75) is 43.8 Å². The molecule has 0 atom stereocenters. The molecule has 2 fully saturated rings. The maximum absolute atomic E-state index is 14.7. The summed E-state index contributed by atoms with van der Waals surface area (Å²) < 4.78 is 0. The highest BCUT2D eigenvalue weighted by atomic mass is 16.2. The maximum atomic E-state index is 14.7. The van der Waals surface area contributed by atoms with Crippen LogP contribution >= 0.6 is 0 Å². The normalized spacial score (nSPS) is 18.8. The molecule has 3 aromatic carbocycles. The molecule has 0 spiro atoms. The highest BCUT2D eigenvalue weighted by Gasteiger charge is 2.52. The van der Waals surface area contributed by atoms with Crippen molar-refractivity contribution in [1.29, 1.82) is 0 Å². The molecule has 4 heterocycles. The highest BCUT2D eigenvalue weighted by molar-refractivity contribution is 6.22. The van der Waals surface area contributed by atoms with Gasteiger partial charge >= 0.3 is 0 Å². The lowest BCUT2D eigenvalue weighted by molar-refractivity contribution is -0.154. The SMILES string of the molecule is CN1CCC(C(=O)Nc2ccc3[nH]ccc3c2)(N(C(=O)CN2C(=O)c3ccccc3C2=O)C2CCN(Cc3ccccc3)CC2)CC1. The number of nitrogens with zero attached hydrogens (tertiary/aromatic N) is 4. The summed E-state index contributed by atoms with van der Waals surface area (Å²) in [5.41, 5.74) is 2.32. The zero-order valence-corrected chi connectivity index (χ0v) is 26.7. The minimum absolute atomic E-state index is 0.231. The summed E-state index contributed by atoms with van der Waals surface area (Å²) in [4.78, 5) is 66.6. The van der Waals surface area contributed by atoms with Crippen molar-refractivity contribution in [2.75, 3.05) is 45.1 Å². The quantitative estimate of drug-likeness (QED) is 0.280. The largest absolute Gasteiger partial charge is 0.361 e. The van der Waals surface area contributed by atoms with E-state index in [-0.39, 0.29) is 17.9 Å². The molecular formula is C37H40N6O4. The molecule has 10 heteroatoms. The van der Waals surface area contributed by atoms with E-state index in [1.54, 1.807) is 29.2 Å². The number of fused-ring (bicyclic) bond motifs is 2. The van der Waals surface area contributed by atoms with E-state index < -0.39 is 23.9 Å². The molecule has 10 nitrogen and oxygen atoms in total. The van der Waals surface area contributed by atoms with Crippen LogP contribution in [0, 0.1) is 0 Å². The Kier molecular flexibility index (Phi) is 8.38. The summed E-state index contributed by atoms with van der Waals surface area (Å²) >= 11 is 0. The number of rotatable bonds is 8. The van der Waals surface area contributed by atoms with Crippen LogP contribution in [0.4, 0.5) is 5.69 Å². The first-order valence-corrected chi connectivity index (χ1v) is 16.4. The second-order valence-corrected chi connectivity index (χ2v) is 13.1. The summed E-state index contributed by atoms with van der Waals surface area (Å²) in [6, 6.07) is 24.4. The number of hydrogen-bond donors (Lipinski definition) is 2. The van der Waals surface area contributed by atoms with Crippen molar-refractivity contribution < 1.29 is 19.2 Å². The van der Waals surface area contributed by atoms with Gasteiger partial charge in [-0.1, -0.05) is 42.5 Å². The van der Waals surface area contributed by atoms with Gasteiger partial charge in [-0.3, -0.25) is 29.0 Å². The topological polar surface area (TPSA) is 109 Å². The zero-order valence-electron chi connectivity index (χ0n) is 26.7. The Morgan fingerprint density at radius 3 is 2.21 bits per heavy atom. The molecule has 0 unspecified atom stereocenters. The van der Waals surface area contributed by atoms with Crippen LogP contribution in [0.3, 0.4) is 0 Å². The first kappa shape index (κ1) is 30.8. The number of H-pyrrole nitrogens is 1. The van der Waals surface area contributed by atoms with Crippen LogP contribution in [0.1, 0.15) is 52.0 Å². The number of amides is 4. The number of imide groups is 1. The molecule has 4 amide bonds. The van der Waals surface area contributed by atoms with Crippen LogP contribution in [-0.2, 0) is 16.1 Å². The van der Waals surface area contributed by atoms with Gasteiger partial charge in [0, 0.05) is 61.6 Å². The van der Waals surface area contributed by atoms with E-state index in [1.807, 2.05) is 55.7 Å². The van der Waals surface area contributed by atoms with Crippen molar-refractivity contribution in [3.8, 4) is 0 Å². The number of carbonyl (C=O) groups excluding carboxylic acids is 4. The third-order valence-corrected chi connectivity index (χ3v) is 10.1. The van der Waals surface area contributed by atoms with Crippen LogP contribution < -0.4 is 5.32 Å². The van der Waals surface area contributed by atoms with Gasteiger partial charge in [-0.2, -0.15) is 0 Å². The molecule has 7 rings (SSSR count). The minimum Gasteiger partial charge on any atom is -0.361 e. The molecule has 1 aromatic heterocycles. The second-order valence-electron chi connectivity index (χ2n) is 13.1. The number of piperidine rings is 2. The molecule has 4 aromatic rings. The Morgan fingerprint density at radius 2 is 1.53 bits per heavy atom. The van der Waals surface area contributed by atoms with Gasteiger partial charge in [0.15, 0.2) is 0 Å². The fraction of sp³-hybridized carbons (Fsp3) is 0.351. The highest BCUT2D eigenvalue weighted by Crippen LogP contribution is 2.36. The van der Waals surface area contributed by atoms with Crippen LogP contribution in [0.15, 0.2) is 85.1 Å². The third kappa shape index (κ3) is 5.94. The summed E-state index contributed by atoms with van der Waals surface area (Å²) in [5.74, 6) is -1.55. The maximum Gasteiger partial charge on any atom is 0.262 e. The lowest BCUT2D eigenvalue weighted by Crippen LogP contribution is -2.68. The lowest BCUT2D eigenvalue weighted by atomic mass is 9.81. The van der Waals surface area contributed by atoms with Crippen LogP contribution in [-0.4, -0.2) is 99.6 Å². The van der Waals surface area contributed by atoms with E-state index in [9.17, 15) is 19.2 Å². The third-order valence-electron chi connectivity index (χ3n) is 10.1. The molecule has 0 saturated carbocycles. The van der Waals surface area contributed by atoms with Crippen molar-refractivity contribution in [1.82, 2.24) is 24.6 Å². The van der Waals surface area contributed by atoms with E-state index in [0.29, 0.717) is 55.6 Å². The minimum atomic E-state index is -1.15. The predicted octanol–water partition coefficient (Wildman–Crippen LogP) is 4.36. The molecule has 0 aliphatic carbocycles. The number of hydrogen-bond acceptors (Lipinski definition) is 6. The van der Waals surface area contributed by atoms with Gasteiger partial charge in [0.25, 0.3) is 11.8 Å². The Balaban J connectivity index is 1.20. The zero-order chi connectivity index (χ0) is 32.5. The number of aromatic amines is 1. The summed E-state index contributed by atoms with van der Waals surface area (Å²) in [6.07, 6.45) is 4.11. The second kappa shape index (κ2) is 12.8. The number of likely N-dealkylation sites (tertiary alicyclic amines) is 2. The monoisotopic (exact) mass is 632 g/mol. The van der Waals surface area contributed by atoms with Crippen molar-refractivity contribution in [3.63, 3.8) is 0 Å². The van der Waals surface area contributed by atoms with Gasteiger partial charge in [-0.05, 0) is 74.7 Å². The first-order valence-electron chi connectivity index (χ1n) is 16.4. The molecule has 0 radical (unpaired) electrons. The lowest BCUT2D eigenvalue weighted by Gasteiger charge is -2.51. The summed E-state index contributed by atoms with van der Waals surface area (Å²) in [5, 5.41) is 4.14. The van der Waals surface area contributed by atoms with Crippen molar-refractivity contribution >= 4 is 40.2 Å². The van der Waals surface area contributed by atoms with Crippen molar-refractivity contribution in [2.24, 2.45) is 0 Å². The first-order chi connectivity index (χ1) is 22.8. The molecule has 3 aliphatic rings.